The monoisotopic (exact) mass is 411 g/mol. The Morgan fingerprint density at radius 2 is 2.14 bits per heavy atom. The summed E-state index contributed by atoms with van der Waals surface area (Å²) in [6, 6.07) is 0. The smallest absolute Gasteiger partial charge is 0.280 e. The maximum Gasteiger partial charge on any atom is 0.280 e. The third-order valence-electron chi connectivity index (χ3n) is 4.89. The molecular weight excluding hydrogens is 381 g/mol. The third kappa shape index (κ3) is 4.49. The Hall–Kier alpha value is -1.67. The molecular formula is C18H30N5O4P. The summed E-state index contributed by atoms with van der Waals surface area (Å²) in [6.45, 7) is 5.74. The van der Waals surface area contributed by atoms with E-state index in [1.54, 1.807) is 0 Å². The summed E-state index contributed by atoms with van der Waals surface area (Å²) in [4.78, 5) is 23.5. The van der Waals surface area contributed by atoms with Crippen molar-refractivity contribution >= 4 is 30.3 Å². The van der Waals surface area contributed by atoms with Crippen molar-refractivity contribution in [2.75, 3.05) is 31.4 Å². The van der Waals surface area contributed by atoms with Crippen LogP contribution >= 0.6 is 6.89 Å². The van der Waals surface area contributed by atoms with Crippen LogP contribution in [0, 0.1) is 0 Å². The summed E-state index contributed by atoms with van der Waals surface area (Å²) in [5.41, 5.74) is 0.111. The van der Waals surface area contributed by atoms with Crippen LogP contribution in [-0.2, 0) is 4.74 Å². The molecule has 28 heavy (non-hydrogen) atoms. The van der Waals surface area contributed by atoms with Crippen LogP contribution in [0.5, 0.6) is 0 Å². The number of rotatable bonds is 8. The highest BCUT2D eigenvalue weighted by atomic mass is 31.2. The predicted octanol–water partition coefficient (Wildman–Crippen LogP) is 1.05. The minimum absolute atomic E-state index is 0.166. The Kier molecular flexibility index (Phi) is 6.29. The fourth-order valence-corrected chi connectivity index (χ4v) is 4.21. The van der Waals surface area contributed by atoms with Gasteiger partial charge in [-0.05, 0) is 32.3 Å². The molecule has 1 aliphatic heterocycles. The molecule has 1 fully saturated rings. The molecule has 2 unspecified atom stereocenters. The molecule has 0 spiro atoms. The van der Waals surface area contributed by atoms with E-state index in [9.17, 15) is 15.0 Å². The molecule has 9 nitrogen and oxygen atoms in total. The van der Waals surface area contributed by atoms with Crippen LogP contribution in [0.15, 0.2) is 11.1 Å². The lowest BCUT2D eigenvalue weighted by Gasteiger charge is -2.18. The van der Waals surface area contributed by atoms with Gasteiger partial charge in [-0.3, -0.25) is 14.3 Å². The van der Waals surface area contributed by atoms with Gasteiger partial charge in [-0.15, -0.1) is 13.2 Å². The molecule has 0 radical (unpaired) electrons. The number of aliphatic hydroxyl groups excluding tert-OH is 2. The van der Waals surface area contributed by atoms with Gasteiger partial charge in [0.15, 0.2) is 17.4 Å². The average Bonchev–Trinajstić information content (AvgIpc) is 3.15. The number of ether oxygens (including phenoxy) is 1. The van der Waals surface area contributed by atoms with Crippen molar-refractivity contribution in [3.63, 3.8) is 0 Å². The number of nitrogens with zero attached hydrogens (tertiary/aromatic N) is 3. The van der Waals surface area contributed by atoms with Crippen LogP contribution in [0.2, 0.25) is 0 Å². The second-order valence-corrected chi connectivity index (χ2v) is 12.3. The van der Waals surface area contributed by atoms with Crippen molar-refractivity contribution in [3.05, 3.63) is 16.7 Å². The lowest BCUT2D eigenvalue weighted by molar-refractivity contribution is -0.0353. The summed E-state index contributed by atoms with van der Waals surface area (Å²) in [7, 11) is 0. The van der Waals surface area contributed by atoms with Crippen molar-refractivity contribution in [2.45, 2.75) is 50.7 Å². The number of aliphatic hydroxyl groups is 2. The van der Waals surface area contributed by atoms with Gasteiger partial charge in [0.25, 0.3) is 5.56 Å². The van der Waals surface area contributed by atoms with Gasteiger partial charge in [-0.25, -0.2) is 4.98 Å². The zero-order valence-corrected chi connectivity index (χ0v) is 17.5. The van der Waals surface area contributed by atoms with Crippen LogP contribution < -0.4 is 10.9 Å². The van der Waals surface area contributed by atoms with Gasteiger partial charge in [0.05, 0.1) is 12.4 Å². The maximum absolute atomic E-state index is 12.3. The zero-order chi connectivity index (χ0) is 20.5. The molecule has 0 aliphatic carbocycles. The minimum Gasteiger partial charge on any atom is -0.388 e. The highest BCUT2D eigenvalue weighted by Gasteiger charge is 2.44. The second kappa shape index (κ2) is 8.37. The van der Waals surface area contributed by atoms with Crippen molar-refractivity contribution in [1.82, 2.24) is 19.5 Å². The first-order valence-electron chi connectivity index (χ1n) is 9.61. The first kappa shape index (κ1) is 21.0. The van der Waals surface area contributed by atoms with E-state index >= 15 is 0 Å². The van der Waals surface area contributed by atoms with Crippen LogP contribution in [0.1, 0.15) is 32.4 Å². The lowest BCUT2D eigenvalue weighted by Crippen LogP contribution is -2.32. The second-order valence-electron chi connectivity index (χ2n) is 8.01. The van der Waals surface area contributed by atoms with Crippen molar-refractivity contribution < 1.29 is 14.9 Å². The summed E-state index contributed by atoms with van der Waals surface area (Å²) < 4.78 is 7.47. The Balaban J connectivity index is 1.86. The molecule has 4 atom stereocenters. The standard InChI is InChI=1S/C18H30N5O4P/c1-5-6-8-19-18-21-15-12(16(26)22-18)20-10-23(15)17-14(25)13(24)11(27-17)7-9-28(2,3)4/h10-11,13-14,17,24-25H,2,5-9H2,1,3-4H3,(H2,19,21,22,26)/t11?,13-,14-,17?/m1/s1. The molecule has 3 rings (SSSR count). The van der Waals surface area contributed by atoms with Gasteiger partial charge in [0.2, 0.25) is 5.95 Å². The van der Waals surface area contributed by atoms with Gasteiger partial charge < -0.3 is 20.3 Å². The van der Waals surface area contributed by atoms with E-state index in [-0.39, 0.29) is 11.1 Å². The molecule has 2 aromatic heterocycles. The molecule has 1 aliphatic rings. The van der Waals surface area contributed by atoms with Crippen molar-refractivity contribution in [2.24, 2.45) is 0 Å². The summed E-state index contributed by atoms with van der Waals surface area (Å²) in [6.07, 6.45) is 5.53. The minimum atomic E-state index is -1.27. The number of hydrogen-bond acceptors (Lipinski definition) is 7. The van der Waals surface area contributed by atoms with Gasteiger partial charge in [0.1, 0.15) is 12.2 Å². The SMILES string of the molecule is C=P(C)(C)CCC1OC(n2cnc3c(=O)[nH]c(NCCCC)nc32)[C@H](O)[C@@H]1O. The number of unbranched alkanes of at least 4 members (excludes halogenated alkanes) is 1. The summed E-state index contributed by atoms with van der Waals surface area (Å²) in [5.74, 6) is 0.348. The molecule has 156 valence electrons. The molecule has 4 N–H and O–H groups in total. The quantitative estimate of drug-likeness (QED) is 0.378. The average molecular weight is 411 g/mol. The largest absolute Gasteiger partial charge is 0.388 e. The Morgan fingerprint density at radius 1 is 1.39 bits per heavy atom. The van der Waals surface area contributed by atoms with Gasteiger partial charge >= 0.3 is 0 Å². The number of imidazole rings is 1. The van der Waals surface area contributed by atoms with Crippen LogP contribution in [-0.4, -0.2) is 80.4 Å². The van der Waals surface area contributed by atoms with Crippen molar-refractivity contribution in [3.8, 4) is 0 Å². The first-order valence-corrected chi connectivity index (χ1v) is 12.7. The highest BCUT2D eigenvalue weighted by Crippen LogP contribution is 2.39. The number of aromatic nitrogens is 4. The molecule has 0 saturated carbocycles. The fraction of sp³-hybridized carbons (Fsp3) is 0.667. The molecule has 1 saturated heterocycles. The van der Waals surface area contributed by atoms with Crippen molar-refractivity contribution in [1.29, 1.82) is 0 Å². The summed E-state index contributed by atoms with van der Waals surface area (Å²) >= 11 is 0. The fourth-order valence-electron chi connectivity index (χ4n) is 3.25. The third-order valence-corrected chi connectivity index (χ3v) is 6.35. The van der Waals surface area contributed by atoms with E-state index in [4.69, 9.17) is 4.74 Å². The maximum atomic E-state index is 12.3. The molecule has 2 aromatic rings. The van der Waals surface area contributed by atoms with E-state index in [1.165, 1.54) is 10.9 Å². The normalized spacial score (nSPS) is 25.5. The molecule has 0 bridgehead atoms. The Morgan fingerprint density at radius 3 is 2.82 bits per heavy atom. The predicted molar refractivity (Wildman–Crippen MR) is 113 cm³/mol. The van der Waals surface area contributed by atoms with Gasteiger partial charge in [-0.2, -0.15) is 4.98 Å². The number of anilines is 1. The topological polar surface area (TPSA) is 125 Å². The van der Waals surface area contributed by atoms with Crippen LogP contribution in [0.3, 0.4) is 0 Å². The van der Waals surface area contributed by atoms with Crippen LogP contribution in [0.4, 0.5) is 5.95 Å². The molecule has 10 heteroatoms. The van der Waals surface area contributed by atoms with E-state index in [2.05, 4.69) is 46.8 Å². The number of nitrogens with one attached hydrogen (secondary N) is 2. The molecule has 0 amide bonds. The molecule has 0 aromatic carbocycles. The zero-order valence-electron chi connectivity index (χ0n) is 16.6. The van der Waals surface area contributed by atoms with E-state index in [0.29, 0.717) is 24.6 Å². The van der Waals surface area contributed by atoms with Gasteiger partial charge in [-0.1, -0.05) is 13.3 Å². The number of hydrogen-bond donors (Lipinski definition) is 4. The van der Waals surface area contributed by atoms with E-state index in [1.807, 2.05) is 0 Å². The van der Waals surface area contributed by atoms with E-state index < -0.39 is 31.4 Å². The first-order chi connectivity index (χ1) is 13.2. The Labute approximate surface area is 164 Å². The number of aromatic amines is 1. The van der Waals surface area contributed by atoms with E-state index in [0.717, 1.165) is 19.0 Å². The van der Waals surface area contributed by atoms with Gasteiger partial charge in [0, 0.05) is 6.54 Å². The Bertz CT molecular complexity index is 920. The highest BCUT2D eigenvalue weighted by molar-refractivity contribution is 7.72. The number of H-pyrrole nitrogens is 1. The number of fused-ring (bicyclic) bond motifs is 1. The lowest BCUT2D eigenvalue weighted by atomic mass is 10.1. The van der Waals surface area contributed by atoms with Crippen LogP contribution in [0.25, 0.3) is 11.2 Å². The molecule has 3 heterocycles. The summed E-state index contributed by atoms with van der Waals surface area (Å²) in [5, 5.41) is 24.1.